The third kappa shape index (κ3) is 17.4. The first-order chi connectivity index (χ1) is 34.3. The number of carbonyl (C=O) groups excluding carboxylic acids is 7. The number of guanidine groups is 1. The Hall–Kier alpha value is -7.56. The molecule has 1 aliphatic rings. The van der Waals surface area contributed by atoms with Gasteiger partial charge >= 0.3 is 5.97 Å². The van der Waals surface area contributed by atoms with E-state index in [0.717, 1.165) is 0 Å². The third-order valence-electron chi connectivity index (χ3n) is 12.3. The summed E-state index contributed by atoms with van der Waals surface area (Å²) in [4.78, 5) is 122. The van der Waals surface area contributed by atoms with Crippen molar-refractivity contribution in [3.63, 3.8) is 0 Å². The minimum Gasteiger partial charge on any atom is -0.497 e. The van der Waals surface area contributed by atoms with Crippen molar-refractivity contribution in [3.05, 3.63) is 83.9 Å². The summed E-state index contributed by atoms with van der Waals surface area (Å²) in [5, 5.41) is 29.1. The fraction of sp³-hybridized carbons (Fsp3) is 0.510. The van der Waals surface area contributed by atoms with Crippen molar-refractivity contribution in [1.82, 2.24) is 52.1 Å². The van der Waals surface area contributed by atoms with Crippen molar-refractivity contribution in [2.45, 2.75) is 115 Å². The Labute approximate surface area is 419 Å². The highest BCUT2D eigenvalue weighted by molar-refractivity contribution is 5.98. The summed E-state index contributed by atoms with van der Waals surface area (Å²) in [6.45, 7) is 7.23. The monoisotopic (exact) mass is 1000 g/mol. The van der Waals surface area contributed by atoms with Gasteiger partial charge in [-0.05, 0) is 61.4 Å². The van der Waals surface area contributed by atoms with Gasteiger partial charge in [-0.1, -0.05) is 76.6 Å². The minimum absolute atomic E-state index is 0.0196. The summed E-state index contributed by atoms with van der Waals surface area (Å²) < 4.78 is 5.31. The molecule has 1 aliphatic heterocycles. The zero-order valence-electron chi connectivity index (χ0n) is 41.7. The maximum atomic E-state index is 14.6. The van der Waals surface area contributed by atoms with Crippen LogP contribution in [0.2, 0.25) is 0 Å². The SMILES string of the molecule is CC[C@H](C)[C@H](NC(=O)[C@H](Cc1ccc(OC)cc1)NC(=O)[C@@H](NC(=O)[C@H](CCCN=C(N)N)NC(=O)CNC)C(C)C)C(=O)N[C@@H](Cc1cnc[nH]1)C(=O)N1CC[C@H]1C(=O)N[C@@H](Cc1ccccc1)C(=O)O. The van der Waals surface area contributed by atoms with Gasteiger partial charge in [-0.15, -0.1) is 0 Å². The molecule has 0 saturated carbocycles. The smallest absolute Gasteiger partial charge is 0.326 e. The second kappa shape index (κ2) is 28.3. The van der Waals surface area contributed by atoms with Crippen molar-refractivity contribution in [1.29, 1.82) is 0 Å². The molecule has 23 heteroatoms. The van der Waals surface area contributed by atoms with Gasteiger partial charge in [-0.2, -0.15) is 0 Å². The van der Waals surface area contributed by atoms with Crippen LogP contribution < -0.4 is 53.4 Å². The number of aromatic nitrogens is 2. The van der Waals surface area contributed by atoms with Crippen molar-refractivity contribution < 1.29 is 48.2 Å². The predicted molar refractivity (Wildman–Crippen MR) is 267 cm³/mol. The van der Waals surface area contributed by atoms with Crippen LogP contribution in [0.4, 0.5) is 0 Å². The zero-order chi connectivity index (χ0) is 52.9. The minimum atomic E-state index is -1.31. The number of nitrogens with two attached hydrogens (primary N) is 2. The van der Waals surface area contributed by atoms with Crippen LogP contribution in [-0.4, -0.2) is 149 Å². The second-order valence-electron chi connectivity index (χ2n) is 18.1. The number of aromatic amines is 1. The molecule has 2 heterocycles. The van der Waals surface area contributed by atoms with Crippen molar-refractivity contribution in [3.8, 4) is 5.75 Å². The maximum Gasteiger partial charge on any atom is 0.326 e. The van der Waals surface area contributed by atoms with E-state index in [9.17, 15) is 43.5 Å². The average molecular weight is 1000 g/mol. The topological polar surface area (TPSA) is 347 Å². The molecule has 8 atom stereocenters. The Morgan fingerprint density at radius 2 is 1.42 bits per heavy atom. The number of carboxylic acids is 1. The second-order valence-corrected chi connectivity index (χ2v) is 18.1. The molecule has 7 amide bonds. The predicted octanol–water partition coefficient (Wildman–Crippen LogP) is -0.984. The van der Waals surface area contributed by atoms with Crippen LogP contribution in [0.3, 0.4) is 0 Å². The molecule has 0 spiro atoms. The number of amides is 7. The number of carbonyl (C=O) groups is 8. The number of nitrogens with one attached hydrogen (secondary N) is 8. The molecular formula is C49H71N13O10. The van der Waals surface area contributed by atoms with Crippen molar-refractivity contribution in [2.75, 3.05) is 33.8 Å². The molecule has 4 rings (SSSR count). The summed E-state index contributed by atoms with van der Waals surface area (Å²) in [7, 11) is 3.08. The Bertz CT molecular complexity index is 2310. The number of H-pyrrole nitrogens is 1. The number of methoxy groups -OCH3 is 1. The van der Waals surface area contributed by atoms with Crippen LogP contribution in [0.5, 0.6) is 5.75 Å². The number of carboxylic acid groups (broad SMARTS) is 1. The number of ether oxygens (including phenoxy) is 1. The molecule has 0 unspecified atom stereocenters. The highest BCUT2D eigenvalue weighted by Gasteiger charge is 2.43. The number of likely N-dealkylation sites (N-methyl/N-ethyl adjacent to an activating group) is 1. The Balaban J connectivity index is 1.57. The zero-order valence-corrected chi connectivity index (χ0v) is 41.7. The molecule has 392 valence electrons. The van der Waals surface area contributed by atoms with Gasteiger partial charge in [-0.3, -0.25) is 38.6 Å². The summed E-state index contributed by atoms with van der Waals surface area (Å²) >= 11 is 0. The normalized spacial score (nSPS) is 15.9. The van der Waals surface area contributed by atoms with Gasteiger partial charge in [0.25, 0.3) is 0 Å². The molecule has 1 fully saturated rings. The van der Waals surface area contributed by atoms with E-state index in [1.54, 1.807) is 82.4 Å². The van der Waals surface area contributed by atoms with Crippen LogP contribution in [0.1, 0.15) is 70.2 Å². The van der Waals surface area contributed by atoms with Crippen LogP contribution in [0, 0.1) is 11.8 Å². The van der Waals surface area contributed by atoms with Gasteiger partial charge in [0.15, 0.2) is 5.96 Å². The van der Waals surface area contributed by atoms with E-state index in [2.05, 4.69) is 52.2 Å². The number of rotatable bonds is 29. The Morgan fingerprint density at radius 3 is 1.99 bits per heavy atom. The number of hydrogen-bond donors (Lipinski definition) is 11. The van der Waals surface area contributed by atoms with E-state index in [-0.39, 0.29) is 57.7 Å². The van der Waals surface area contributed by atoms with E-state index < -0.39 is 101 Å². The quantitative estimate of drug-likeness (QED) is 0.0226. The van der Waals surface area contributed by atoms with Crippen LogP contribution in [-0.2, 0) is 57.6 Å². The fourth-order valence-corrected chi connectivity index (χ4v) is 7.91. The number of hydrogen-bond acceptors (Lipinski definition) is 12. The Kier molecular flexibility index (Phi) is 22.4. The average Bonchev–Trinajstić information content (AvgIpc) is 3.85. The number of benzene rings is 2. The molecule has 23 nitrogen and oxygen atoms in total. The van der Waals surface area contributed by atoms with E-state index in [4.69, 9.17) is 16.2 Å². The number of nitrogens with zero attached hydrogens (tertiary/aromatic N) is 3. The molecule has 0 radical (unpaired) electrons. The first kappa shape index (κ1) is 57.0. The van der Waals surface area contributed by atoms with Crippen LogP contribution in [0.25, 0.3) is 0 Å². The van der Waals surface area contributed by atoms with Crippen LogP contribution in [0.15, 0.2) is 72.1 Å². The van der Waals surface area contributed by atoms with Gasteiger partial charge in [0.1, 0.15) is 48.0 Å². The van der Waals surface area contributed by atoms with E-state index in [1.165, 1.54) is 24.5 Å². The van der Waals surface area contributed by atoms with Gasteiger partial charge < -0.3 is 68.4 Å². The highest BCUT2D eigenvalue weighted by atomic mass is 16.5. The third-order valence-corrected chi connectivity index (χ3v) is 12.3. The van der Waals surface area contributed by atoms with Gasteiger partial charge in [0.2, 0.25) is 41.4 Å². The lowest BCUT2D eigenvalue weighted by Crippen LogP contribution is -2.65. The first-order valence-electron chi connectivity index (χ1n) is 24.0. The lowest BCUT2D eigenvalue weighted by atomic mass is 9.95. The molecule has 3 aromatic rings. The lowest BCUT2D eigenvalue weighted by molar-refractivity contribution is -0.151. The lowest BCUT2D eigenvalue weighted by Gasteiger charge is -2.42. The molecule has 1 saturated heterocycles. The first-order valence-corrected chi connectivity index (χ1v) is 24.0. The standard InChI is InChI=1S/C49H71N13O10/c1-7-29(4)41(46(68)58-36(24-32-25-53-27-55-32)47(69)62-21-19-38(62)44(66)59-37(48(70)71)23-30-12-9-8-10-13-30)61-43(65)35(22-31-15-17-33(72-6)18-16-31)57-45(67)40(28(2)3)60-42(64)34(56-39(63)26-52-5)14-11-20-54-49(50)51/h8-10,12-13,15-18,25,27-29,34-38,40-41,52H,7,11,14,19-24,26H2,1-6H3,(H,53,55)(H,56,63)(H,57,67)(H,58,68)(H,59,66)(H,60,64)(H,61,65)(H,70,71)(H4,50,51,54)/t29-,34-,35-,36-,37-,38-,40-,41-/m0/s1. The summed E-state index contributed by atoms with van der Waals surface area (Å²) in [6, 6.07) is 7.24. The summed E-state index contributed by atoms with van der Waals surface area (Å²) in [5.74, 6) is -6.42. The number of likely N-dealkylation sites (tertiary alicyclic amines) is 1. The molecule has 0 aliphatic carbocycles. The summed E-state index contributed by atoms with van der Waals surface area (Å²) in [5.41, 5.74) is 12.7. The van der Waals surface area contributed by atoms with Gasteiger partial charge in [0, 0.05) is 44.2 Å². The molecular weight excluding hydrogens is 931 g/mol. The summed E-state index contributed by atoms with van der Waals surface area (Å²) in [6.07, 6.45) is 3.88. The Morgan fingerprint density at radius 1 is 0.792 bits per heavy atom. The fourth-order valence-electron chi connectivity index (χ4n) is 7.91. The molecule has 1 aromatic heterocycles. The van der Waals surface area contributed by atoms with Gasteiger partial charge in [0.05, 0.1) is 20.0 Å². The number of aliphatic imine (C=N–C) groups is 1. The van der Waals surface area contributed by atoms with Gasteiger partial charge in [-0.25, -0.2) is 9.78 Å². The molecule has 72 heavy (non-hydrogen) atoms. The van der Waals surface area contributed by atoms with Crippen molar-refractivity contribution in [2.24, 2.45) is 28.3 Å². The van der Waals surface area contributed by atoms with Crippen molar-refractivity contribution >= 4 is 53.3 Å². The van der Waals surface area contributed by atoms with Crippen LogP contribution >= 0.6 is 0 Å². The maximum absolute atomic E-state index is 14.6. The molecule has 13 N–H and O–H groups in total. The highest BCUT2D eigenvalue weighted by Crippen LogP contribution is 2.22. The van der Waals surface area contributed by atoms with E-state index in [1.807, 2.05) is 6.92 Å². The van der Waals surface area contributed by atoms with E-state index >= 15 is 0 Å². The molecule has 2 aromatic carbocycles. The van der Waals surface area contributed by atoms with E-state index in [0.29, 0.717) is 35.4 Å². The number of imidazole rings is 1. The number of aliphatic carboxylic acids is 1. The largest absolute Gasteiger partial charge is 0.497 e. The molecule has 0 bridgehead atoms.